The number of likely N-dealkylation sites (tertiary alicyclic amines) is 1. The average Bonchev–Trinajstić information content (AvgIpc) is 3.18. The maximum Gasteiger partial charge on any atom is 0.295 e. The predicted molar refractivity (Wildman–Crippen MR) is 143 cm³/mol. The minimum Gasteiger partial charge on any atom is -0.507 e. The first kappa shape index (κ1) is 27.5. The Balaban J connectivity index is 1.73. The molecule has 9 heteroatoms. The maximum atomic E-state index is 13.4. The van der Waals surface area contributed by atoms with Crippen molar-refractivity contribution < 1.29 is 33.6 Å². The van der Waals surface area contributed by atoms with Crippen LogP contribution in [0.25, 0.3) is 5.76 Å². The lowest BCUT2D eigenvalue weighted by Crippen LogP contribution is -2.39. The highest BCUT2D eigenvalue weighted by molar-refractivity contribution is 6.46. The van der Waals surface area contributed by atoms with E-state index >= 15 is 0 Å². The largest absolute Gasteiger partial charge is 0.507 e. The number of morpholine rings is 1. The van der Waals surface area contributed by atoms with Crippen LogP contribution in [-0.2, 0) is 14.3 Å². The van der Waals surface area contributed by atoms with E-state index in [9.17, 15) is 14.7 Å². The number of ether oxygens (including phenoxy) is 4. The van der Waals surface area contributed by atoms with Gasteiger partial charge in [0.1, 0.15) is 23.0 Å². The van der Waals surface area contributed by atoms with Crippen LogP contribution >= 0.6 is 0 Å². The molecular formula is C29H36N2O7. The van der Waals surface area contributed by atoms with Crippen LogP contribution < -0.4 is 14.2 Å². The second kappa shape index (κ2) is 12.3. The number of hydrogen-bond acceptors (Lipinski definition) is 8. The van der Waals surface area contributed by atoms with Gasteiger partial charge < -0.3 is 29.0 Å². The predicted octanol–water partition coefficient (Wildman–Crippen LogP) is 3.64. The van der Waals surface area contributed by atoms with Crippen molar-refractivity contribution in [2.75, 3.05) is 53.6 Å². The summed E-state index contributed by atoms with van der Waals surface area (Å²) in [6.07, 6.45) is 0.662. The molecule has 38 heavy (non-hydrogen) atoms. The van der Waals surface area contributed by atoms with Crippen LogP contribution in [0, 0.1) is 0 Å². The Morgan fingerprint density at radius 1 is 1.00 bits per heavy atom. The molecule has 0 radical (unpaired) electrons. The molecule has 0 aliphatic carbocycles. The number of hydrogen-bond donors (Lipinski definition) is 1. The van der Waals surface area contributed by atoms with Crippen LogP contribution in [0.1, 0.15) is 37.4 Å². The Kier molecular flexibility index (Phi) is 8.91. The fourth-order valence-corrected chi connectivity index (χ4v) is 4.90. The minimum absolute atomic E-state index is 0.00207. The quantitative estimate of drug-likeness (QED) is 0.286. The molecule has 0 unspecified atom stereocenters. The van der Waals surface area contributed by atoms with Crippen LogP contribution in [0.3, 0.4) is 0 Å². The topological polar surface area (TPSA) is 97.8 Å². The van der Waals surface area contributed by atoms with Crippen LogP contribution in [0.15, 0.2) is 48.0 Å². The van der Waals surface area contributed by atoms with Gasteiger partial charge in [-0.25, -0.2) is 0 Å². The van der Waals surface area contributed by atoms with Gasteiger partial charge in [-0.15, -0.1) is 0 Å². The number of ketones is 1. The molecule has 2 aliphatic rings. The summed E-state index contributed by atoms with van der Waals surface area (Å²) >= 11 is 0. The number of methoxy groups -OCH3 is 2. The van der Waals surface area contributed by atoms with E-state index in [0.717, 1.165) is 19.6 Å². The summed E-state index contributed by atoms with van der Waals surface area (Å²) < 4.78 is 22.2. The van der Waals surface area contributed by atoms with Crippen LogP contribution in [0.2, 0.25) is 0 Å². The summed E-state index contributed by atoms with van der Waals surface area (Å²) in [7, 11) is 3.08. The lowest BCUT2D eigenvalue weighted by Gasteiger charge is -2.29. The van der Waals surface area contributed by atoms with Gasteiger partial charge >= 0.3 is 0 Å². The highest BCUT2D eigenvalue weighted by Crippen LogP contribution is 2.44. The number of benzene rings is 2. The molecule has 9 nitrogen and oxygen atoms in total. The van der Waals surface area contributed by atoms with Crippen molar-refractivity contribution in [3.8, 4) is 17.2 Å². The number of amides is 1. The molecule has 2 aromatic rings. The summed E-state index contributed by atoms with van der Waals surface area (Å²) in [6, 6.07) is 11.2. The lowest BCUT2D eigenvalue weighted by atomic mass is 9.94. The lowest BCUT2D eigenvalue weighted by molar-refractivity contribution is -0.140. The third-order valence-electron chi connectivity index (χ3n) is 6.75. The van der Waals surface area contributed by atoms with Gasteiger partial charge in [0.15, 0.2) is 0 Å². The Labute approximate surface area is 223 Å². The number of Topliss-reactive ketones (excluding diaryl/α,β-unsaturated/α-hetero) is 1. The summed E-state index contributed by atoms with van der Waals surface area (Å²) in [5.41, 5.74) is 1.00. The number of aliphatic hydroxyl groups is 1. The molecule has 2 heterocycles. The Hall–Kier alpha value is -3.56. The molecule has 204 valence electrons. The normalized spacial score (nSPS) is 19.7. The molecule has 2 fully saturated rings. The second-order valence-electron chi connectivity index (χ2n) is 9.60. The number of nitrogens with zero attached hydrogens (tertiary/aromatic N) is 2. The average molecular weight is 525 g/mol. The van der Waals surface area contributed by atoms with E-state index in [-0.39, 0.29) is 17.4 Å². The smallest absolute Gasteiger partial charge is 0.295 e. The highest BCUT2D eigenvalue weighted by Gasteiger charge is 2.47. The van der Waals surface area contributed by atoms with Gasteiger partial charge in [0, 0.05) is 37.3 Å². The van der Waals surface area contributed by atoms with E-state index in [1.807, 2.05) is 13.8 Å². The molecule has 2 saturated heterocycles. The number of carbonyl (C=O) groups is 2. The molecule has 0 aromatic heterocycles. The van der Waals surface area contributed by atoms with Gasteiger partial charge in [0.05, 0.1) is 45.2 Å². The first-order chi connectivity index (χ1) is 18.3. The monoisotopic (exact) mass is 524 g/mol. The summed E-state index contributed by atoms with van der Waals surface area (Å²) in [4.78, 5) is 30.6. The van der Waals surface area contributed by atoms with Crippen molar-refractivity contribution in [2.45, 2.75) is 32.4 Å². The first-order valence-corrected chi connectivity index (χ1v) is 12.9. The first-order valence-electron chi connectivity index (χ1n) is 12.9. The Bertz CT molecular complexity index is 1170. The standard InChI is InChI=1S/C29H36N2O7/c1-19(2)38-21-8-6-20(7-9-21)27(32)25-26(23-18-22(35-3)10-11-24(23)36-4)31(29(34)28(25)33)13-5-12-30-14-16-37-17-15-30/h6-11,18-19,26,32H,5,12-17H2,1-4H3/b27-25+/t26-/m1/s1. The molecule has 2 aliphatic heterocycles. The third-order valence-corrected chi connectivity index (χ3v) is 6.75. The molecule has 0 bridgehead atoms. The summed E-state index contributed by atoms with van der Waals surface area (Å²) in [5, 5.41) is 11.4. The zero-order chi connectivity index (χ0) is 27.2. The van der Waals surface area contributed by atoms with Crippen LogP contribution in [0.5, 0.6) is 17.2 Å². The van der Waals surface area contributed by atoms with Crippen molar-refractivity contribution >= 4 is 17.4 Å². The second-order valence-corrected chi connectivity index (χ2v) is 9.60. The van der Waals surface area contributed by atoms with E-state index in [1.165, 1.54) is 12.0 Å². The maximum absolute atomic E-state index is 13.4. The molecule has 1 atom stereocenters. The third kappa shape index (κ3) is 5.95. The number of rotatable bonds is 10. The zero-order valence-corrected chi connectivity index (χ0v) is 22.4. The molecule has 1 N–H and O–H groups in total. The molecule has 2 aromatic carbocycles. The Morgan fingerprint density at radius 3 is 2.32 bits per heavy atom. The zero-order valence-electron chi connectivity index (χ0n) is 22.4. The van der Waals surface area contributed by atoms with Crippen molar-refractivity contribution in [3.63, 3.8) is 0 Å². The van der Waals surface area contributed by atoms with Crippen molar-refractivity contribution in [1.29, 1.82) is 0 Å². The fourth-order valence-electron chi connectivity index (χ4n) is 4.90. The van der Waals surface area contributed by atoms with Gasteiger partial charge in [-0.2, -0.15) is 0 Å². The summed E-state index contributed by atoms with van der Waals surface area (Å²) in [5.74, 6) is 0.0582. The summed E-state index contributed by atoms with van der Waals surface area (Å²) in [6.45, 7) is 8.01. The van der Waals surface area contributed by atoms with Crippen LogP contribution in [0.4, 0.5) is 0 Å². The van der Waals surface area contributed by atoms with E-state index in [4.69, 9.17) is 18.9 Å². The Morgan fingerprint density at radius 2 is 1.68 bits per heavy atom. The number of carbonyl (C=O) groups excluding carboxylic acids is 2. The van der Waals surface area contributed by atoms with Gasteiger partial charge in [0.25, 0.3) is 11.7 Å². The molecule has 1 amide bonds. The van der Waals surface area contributed by atoms with Crippen molar-refractivity contribution in [1.82, 2.24) is 9.80 Å². The molecule has 0 spiro atoms. The van der Waals surface area contributed by atoms with Crippen molar-refractivity contribution in [3.05, 3.63) is 59.2 Å². The van der Waals surface area contributed by atoms with Gasteiger partial charge in [0.2, 0.25) is 0 Å². The number of aliphatic hydroxyl groups excluding tert-OH is 1. The van der Waals surface area contributed by atoms with Gasteiger partial charge in [-0.1, -0.05) is 0 Å². The molecule has 0 saturated carbocycles. The van der Waals surface area contributed by atoms with E-state index in [0.29, 0.717) is 54.6 Å². The van der Waals surface area contributed by atoms with E-state index in [2.05, 4.69) is 4.90 Å². The highest BCUT2D eigenvalue weighted by atomic mass is 16.5. The molecule has 4 rings (SSSR count). The molecular weight excluding hydrogens is 488 g/mol. The van der Waals surface area contributed by atoms with Crippen LogP contribution in [-0.4, -0.2) is 86.3 Å². The van der Waals surface area contributed by atoms with Gasteiger partial charge in [-0.05, 0) is 62.7 Å². The van der Waals surface area contributed by atoms with Crippen molar-refractivity contribution in [2.24, 2.45) is 0 Å². The SMILES string of the molecule is COc1ccc(OC)c([C@@H]2/C(=C(\O)c3ccc(OC(C)C)cc3)C(=O)C(=O)N2CCCN2CCOCC2)c1. The minimum atomic E-state index is -0.837. The van der Waals surface area contributed by atoms with E-state index < -0.39 is 17.7 Å². The fraction of sp³-hybridized carbons (Fsp3) is 0.448. The van der Waals surface area contributed by atoms with E-state index in [1.54, 1.807) is 49.6 Å². The van der Waals surface area contributed by atoms with Gasteiger partial charge in [-0.3, -0.25) is 14.5 Å².